The van der Waals surface area contributed by atoms with Crippen LogP contribution in [0.2, 0.25) is 0 Å². The summed E-state index contributed by atoms with van der Waals surface area (Å²) < 4.78 is 48.3. The Hall–Kier alpha value is -4.16. The van der Waals surface area contributed by atoms with Crippen molar-refractivity contribution in [3.8, 4) is 5.75 Å². The van der Waals surface area contributed by atoms with Crippen molar-refractivity contribution in [2.24, 2.45) is 0 Å². The zero-order chi connectivity index (χ0) is 32.4. The molecule has 2 aliphatic heterocycles. The number of hydrogen-bond donors (Lipinski definition) is 2. The number of anilines is 1. The summed E-state index contributed by atoms with van der Waals surface area (Å²) in [5.74, 6) is -2.77. The van der Waals surface area contributed by atoms with Crippen molar-refractivity contribution in [3.05, 3.63) is 51.8 Å². The molecule has 238 valence electrons. The number of carboxylic acids is 1. The number of aromatic nitrogens is 1. The molecule has 2 N–H and O–H groups in total. The molecular formula is C31H37F3N4O6. The number of aryl methyl sites for hydroxylation is 1. The smallest absolute Gasteiger partial charge is 0.490 e. The van der Waals surface area contributed by atoms with Crippen molar-refractivity contribution in [1.29, 1.82) is 5.41 Å². The summed E-state index contributed by atoms with van der Waals surface area (Å²) in [5, 5.41) is 17.7. The van der Waals surface area contributed by atoms with Crippen LogP contribution in [0.5, 0.6) is 5.75 Å². The van der Waals surface area contributed by atoms with E-state index in [0.29, 0.717) is 34.7 Å². The molecule has 0 unspecified atom stereocenters. The zero-order valence-corrected chi connectivity index (χ0v) is 25.3. The molecule has 2 aromatic rings. The lowest BCUT2D eigenvalue weighted by molar-refractivity contribution is -0.201. The van der Waals surface area contributed by atoms with E-state index in [0.717, 1.165) is 37.2 Å². The second kappa shape index (κ2) is 12.8. The molecule has 1 saturated heterocycles. The number of Topliss-reactive ketones (excluding diaryl/α,β-unsaturated/α-hetero) is 1. The first-order chi connectivity index (χ1) is 20.6. The number of ketones is 1. The van der Waals surface area contributed by atoms with Gasteiger partial charge in [0, 0.05) is 54.0 Å². The van der Waals surface area contributed by atoms with Crippen molar-refractivity contribution >= 4 is 29.2 Å². The number of hydrogen-bond acceptors (Lipinski definition) is 8. The van der Waals surface area contributed by atoms with E-state index in [9.17, 15) is 27.6 Å². The third-order valence-corrected chi connectivity index (χ3v) is 7.65. The minimum atomic E-state index is -5.11. The maximum absolute atomic E-state index is 13.7. The number of halogens is 3. The second-order valence-electron chi connectivity index (χ2n) is 12.1. The zero-order valence-electron chi connectivity index (χ0n) is 25.3. The Bertz CT molecular complexity index is 1460. The van der Waals surface area contributed by atoms with E-state index in [-0.39, 0.29) is 43.3 Å². The lowest BCUT2D eigenvalue weighted by Gasteiger charge is -2.30. The minimum Gasteiger partial charge on any atom is -0.491 e. The number of nitrogens with zero attached hydrogens (tertiary/aromatic N) is 3. The van der Waals surface area contributed by atoms with Crippen molar-refractivity contribution in [3.63, 3.8) is 0 Å². The van der Waals surface area contributed by atoms with Gasteiger partial charge in [0.05, 0.1) is 18.8 Å². The van der Waals surface area contributed by atoms with Gasteiger partial charge in [0.1, 0.15) is 23.9 Å². The van der Waals surface area contributed by atoms with Crippen LogP contribution in [0.15, 0.2) is 18.2 Å². The Kier molecular flexibility index (Phi) is 9.55. The molecule has 0 spiro atoms. The quantitative estimate of drug-likeness (QED) is 0.199. The molecule has 0 atom stereocenters. The molecule has 0 bridgehead atoms. The van der Waals surface area contributed by atoms with Crippen LogP contribution in [0, 0.1) is 12.3 Å². The molecule has 44 heavy (non-hydrogen) atoms. The summed E-state index contributed by atoms with van der Waals surface area (Å²) in [5.41, 5.74) is 3.11. The van der Waals surface area contributed by atoms with Crippen LogP contribution in [0.4, 0.5) is 18.9 Å². The average Bonchev–Trinajstić information content (AvgIpc) is 3.57. The minimum absolute atomic E-state index is 0.0147. The van der Waals surface area contributed by atoms with Gasteiger partial charge in [-0.25, -0.2) is 9.78 Å². The Morgan fingerprint density at radius 3 is 2.39 bits per heavy atom. The van der Waals surface area contributed by atoms with Crippen LogP contribution in [0.3, 0.4) is 0 Å². The summed E-state index contributed by atoms with van der Waals surface area (Å²) in [4.78, 5) is 44.0. The molecule has 1 fully saturated rings. The third kappa shape index (κ3) is 7.48. The highest BCUT2D eigenvalue weighted by atomic mass is 19.4. The Morgan fingerprint density at radius 1 is 1.09 bits per heavy atom. The highest BCUT2D eigenvalue weighted by molar-refractivity contribution is 6.05. The molecule has 2 aliphatic rings. The van der Waals surface area contributed by atoms with Gasteiger partial charge in [-0.15, -0.1) is 0 Å². The number of aliphatic carboxylic acids is 1. The Balaban J connectivity index is 1.57. The summed E-state index contributed by atoms with van der Waals surface area (Å²) in [6.07, 6.45) is -2.79. The van der Waals surface area contributed by atoms with Crippen LogP contribution in [-0.4, -0.2) is 71.0 Å². The van der Waals surface area contributed by atoms with Crippen LogP contribution in [0.1, 0.15) is 84.9 Å². The summed E-state index contributed by atoms with van der Waals surface area (Å²) in [7, 11) is 0. The van der Waals surface area contributed by atoms with E-state index in [4.69, 9.17) is 15.3 Å². The van der Waals surface area contributed by atoms with Crippen LogP contribution in [-0.2, 0) is 32.9 Å². The molecule has 3 heterocycles. The molecule has 10 nitrogen and oxygen atoms in total. The van der Waals surface area contributed by atoms with Crippen LogP contribution < -0.4 is 9.64 Å². The topological polar surface area (TPSA) is 133 Å². The number of pyridine rings is 1. The molecular weight excluding hydrogens is 581 g/mol. The summed E-state index contributed by atoms with van der Waals surface area (Å²) in [6, 6.07) is 5.16. The number of carbonyl (C=O) groups excluding carboxylic acids is 2. The van der Waals surface area contributed by atoms with Crippen molar-refractivity contribution in [1.82, 2.24) is 9.88 Å². The fraction of sp³-hybridized carbons (Fsp3) is 0.516. The van der Waals surface area contributed by atoms with Gasteiger partial charge in [0.15, 0.2) is 5.78 Å². The number of ether oxygens (including phenoxy) is 2. The van der Waals surface area contributed by atoms with Gasteiger partial charge in [-0.05, 0) is 49.8 Å². The van der Waals surface area contributed by atoms with E-state index in [1.807, 2.05) is 20.8 Å². The predicted octanol–water partition coefficient (Wildman–Crippen LogP) is 5.16. The van der Waals surface area contributed by atoms with Gasteiger partial charge in [-0.1, -0.05) is 20.8 Å². The predicted molar refractivity (Wildman–Crippen MR) is 155 cm³/mol. The standard InChI is InChI=1S/C31H37F3N4O6/c1-18-21(17-44-29(42)31(32,33)34)12-20-15-38(28(35)26(20)36-18)16-24(39)19-13-22(30(2,3)4)27(43-11-7-8-25(40)41)23(14-19)37-9-5-6-10-37/h12-14,35H,5-11,15-17H2,1-4H3,(H,40,41). The largest absolute Gasteiger partial charge is 0.491 e. The summed E-state index contributed by atoms with van der Waals surface area (Å²) in [6.45, 7) is 8.80. The van der Waals surface area contributed by atoms with Crippen LogP contribution in [0.25, 0.3) is 0 Å². The summed E-state index contributed by atoms with van der Waals surface area (Å²) >= 11 is 0. The van der Waals surface area contributed by atoms with Gasteiger partial charge < -0.3 is 24.4 Å². The average molecular weight is 619 g/mol. The number of esters is 1. The van der Waals surface area contributed by atoms with E-state index in [1.165, 1.54) is 0 Å². The number of fused-ring (bicyclic) bond motifs is 1. The number of benzene rings is 1. The molecule has 4 rings (SSSR count). The highest BCUT2D eigenvalue weighted by Crippen LogP contribution is 2.42. The number of carbonyl (C=O) groups is 3. The third-order valence-electron chi connectivity index (χ3n) is 7.65. The van der Waals surface area contributed by atoms with E-state index >= 15 is 0 Å². The first-order valence-corrected chi connectivity index (χ1v) is 14.4. The fourth-order valence-corrected chi connectivity index (χ4v) is 5.30. The van der Waals surface area contributed by atoms with Gasteiger partial charge >= 0.3 is 18.1 Å². The maximum atomic E-state index is 13.7. The first-order valence-electron chi connectivity index (χ1n) is 14.4. The lowest BCUT2D eigenvalue weighted by Crippen LogP contribution is -2.31. The second-order valence-corrected chi connectivity index (χ2v) is 12.1. The first kappa shape index (κ1) is 32.7. The fourth-order valence-electron chi connectivity index (χ4n) is 5.30. The molecule has 0 radical (unpaired) electrons. The number of carboxylic acid groups (broad SMARTS) is 1. The van der Waals surface area contributed by atoms with Gasteiger partial charge in [-0.3, -0.25) is 15.0 Å². The monoisotopic (exact) mass is 618 g/mol. The van der Waals surface area contributed by atoms with Crippen molar-refractivity contribution < 1.29 is 42.1 Å². The van der Waals surface area contributed by atoms with Gasteiger partial charge in [0.2, 0.25) is 0 Å². The lowest BCUT2D eigenvalue weighted by atomic mass is 9.84. The van der Waals surface area contributed by atoms with E-state index < -0.39 is 30.1 Å². The van der Waals surface area contributed by atoms with Gasteiger partial charge in [0.25, 0.3) is 0 Å². The Labute approximate surface area is 253 Å². The Morgan fingerprint density at radius 2 is 1.77 bits per heavy atom. The van der Waals surface area contributed by atoms with Gasteiger partial charge in [-0.2, -0.15) is 13.2 Å². The molecule has 0 amide bonds. The maximum Gasteiger partial charge on any atom is 0.490 e. The molecule has 0 aliphatic carbocycles. The number of amidine groups is 1. The molecule has 1 aromatic heterocycles. The van der Waals surface area contributed by atoms with Crippen molar-refractivity contribution in [2.45, 2.75) is 78.1 Å². The molecule has 13 heteroatoms. The van der Waals surface area contributed by atoms with E-state index in [1.54, 1.807) is 30.0 Å². The number of rotatable bonds is 11. The van der Waals surface area contributed by atoms with E-state index in [2.05, 4.69) is 14.6 Å². The van der Waals surface area contributed by atoms with Crippen LogP contribution >= 0.6 is 0 Å². The highest BCUT2D eigenvalue weighted by Gasteiger charge is 2.41. The van der Waals surface area contributed by atoms with Crippen molar-refractivity contribution in [2.75, 3.05) is 31.1 Å². The number of alkyl halides is 3. The number of nitrogens with one attached hydrogen (secondary N) is 1. The normalized spacial score (nSPS) is 15.0. The molecule has 1 aromatic carbocycles. The SMILES string of the molecule is Cc1nc2c(cc1COC(=O)C(F)(F)F)CN(CC(=O)c1cc(N3CCCC3)c(OCCCC(=O)O)c(C(C)(C)C)c1)C2=N. The molecule has 0 saturated carbocycles.